The molecular formula is C15H13F3IN3O. The zero-order valence-electron chi connectivity index (χ0n) is 12.0. The molecule has 1 heterocycles. The van der Waals surface area contributed by atoms with Crippen molar-refractivity contribution < 1.29 is 18.0 Å². The molecule has 0 spiro atoms. The van der Waals surface area contributed by atoms with Gasteiger partial charge in [0, 0.05) is 6.42 Å². The molecule has 23 heavy (non-hydrogen) atoms. The first kappa shape index (κ1) is 17.6. The minimum Gasteiger partial charge on any atom is -0.292 e. The van der Waals surface area contributed by atoms with E-state index in [0.717, 1.165) is 12.1 Å². The molecule has 1 aromatic carbocycles. The van der Waals surface area contributed by atoms with Gasteiger partial charge < -0.3 is 0 Å². The Balaban J connectivity index is 2.13. The molecule has 2 rings (SSSR count). The van der Waals surface area contributed by atoms with Gasteiger partial charge in [-0.3, -0.25) is 4.79 Å². The maximum atomic E-state index is 12.5. The van der Waals surface area contributed by atoms with E-state index in [4.69, 9.17) is 0 Å². The molecule has 0 atom stereocenters. The number of carbonyl (C=O) groups is 1. The van der Waals surface area contributed by atoms with E-state index in [1.807, 2.05) is 22.6 Å². The summed E-state index contributed by atoms with van der Waals surface area (Å²) in [5.74, 6) is -0.132. The highest BCUT2D eigenvalue weighted by atomic mass is 127. The Bertz CT molecular complexity index is 708. The van der Waals surface area contributed by atoms with Gasteiger partial charge in [0.15, 0.2) is 11.5 Å². The van der Waals surface area contributed by atoms with Crippen molar-refractivity contribution >= 4 is 28.4 Å². The van der Waals surface area contributed by atoms with Crippen LogP contribution in [0.5, 0.6) is 0 Å². The molecule has 1 aromatic heterocycles. The predicted molar refractivity (Wildman–Crippen MR) is 87.0 cm³/mol. The van der Waals surface area contributed by atoms with Crippen LogP contribution in [0, 0.1) is 3.70 Å². The number of hydrogen-bond acceptors (Lipinski definition) is 3. The normalized spacial score (nSPS) is 11.5. The van der Waals surface area contributed by atoms with Crippen LogP contribution in [0.2, 0.25) is 0 Å². The Hall–Kier alpha value is -1.71. The molecule has 0 aliphatic heterocycles. The number of carbonyl (C=O) groups excluding carboxylic acids is 1. The van der Waals surface area contributed by atoms with Crippen molar-refractivity contribution in [2.45, 2.75) is 25.6 Å². The summed E-state index contributed by atoms with van der Waals surface area (Å²) in [4.78, 5) is 12.0. The summed E-state index contributed by atoms with van der Waals surface area (Å²) in [7, 11) is 0. The van der Waals surface area contributed by atoms with E-state index in [-0.39, 0.29) is 18.0 Å². The van der Waals surface area contributed by atoms with Gasteiger partial charge in [0.25, 0.3) is 0 Å². The highest BCUT2D eigenvalue weighted by Crippen LogP contribution is 2.29. The molecule has 0 bridgehead atoms. The van der Waals surface area contributed by atoms with Crippen molar-refractivity contribution in [2.75, 3.05) is 0 Å². The van der Waals surface area contributed by atoms with Crippen LogP contribution in [0.15, 0.2) is 36.9 Å². The molecule has 0 aliphatic carbocycles. The van der Waals surface area contributed by atoms with Crippen LogP contribution in [0.3, 0.4) is 0 Å². The Morgan fingerprint density at radius 2 is 1.96 bits per heavy atom. The third-order valence-corrected chi connectivity index (χ3v) is 4.20. The van der Waals surface area contributed by atoms with E-state index in [0.29, 0.717) is 22.1 Å². The van der Waals surface area contributed by atoms with Crippen molar-refractivity contribution in [3.8, 4) is 0 Å². The summed E-state index contributed by atoms with van der Waals surface area (Å²) in [6.45, 7) is 3.81. The number of rotatable bonds is 6. The minimum atomic E-state index is -4.36. The van der Waals surface area contributed by atoms with Gasteiger partial charge in [0.1, 0.15) is 3.70 Å². The number of Topliss-reactive ketones (excluding diaryl/α,β-unsaturated/α-hetero) is 1. The lowest BCUT2D eigenvalue weighted by Gasteiger charge is -2.08. The molecule has 0 saturated heterocycles. The molecule has 122 valence electrons. The molecule has 0 unspecified atom stereocenters. The SMILES string of the molecule is C=CCCC(=O)c1nnn(Cc2ccc(C(F)(F)F)cc2)c1I. The van der Waals surface area contributed by atoms with Gasteiger partial charge in [-0.2, -0.15) is 13.2 Å². The van der Waals surface area contributed by atoms with E-state index in [1.165, 1.54) is 16.8 Å². The molecule has 0 N–H and O–H groups in total. The van der Waals surface area contributed by atoms with Gasteiger partial charge in [-0.05, 0) is 46.7 Å². The average Bonchev–Trinajstić information content (AvgIpc) is 2.86. The van der Waals surface area contributed by atoms with Crippen molar-refractivity contribution in [3.63, 3.8) is 0 Å². The van der Waals surface area contributed by atoms with E-state index in [1.54, 1.807) is 6.08 Å². The first-order chi connectivity index (χ1) is 10.8. The predicted octanol–water partition coefficient (Wildman–Crippen LogP) is 4.10. The average molecular weight is 435 g/mol. The van der Waals surface area contributed by atoms with Gasteiger partial charge in [-0.15, -0.1) is 11.7 Å². The smallest absolute Gasteiger partial charge is 0.292 e. The highest BCUT2D eigenvalue weighted by Gasteiger charge is 2.30. The van der Waals surface area contributed by atoms with Gasteiger partial charge in [0.05, 0.1) is 12.1 Å². The molecule has 8 heteroatoms. The van der Waals surface area contributed by atoms with Crippen LogP contribution in [-0.2, 0) is 12.7 Å². The summed E-state index contributed by atoms with van der Waals surface area (Å²) in [6.07, 6.45) is -1.85. The van der Waals surface area contributed by atoms with E-state index in [2.05, 4.69) is 16.9 Å². The Labute approximate surface area is 144 Å². The molecular weight excluding hydrogens is 422 g/mol. The van der Waals surface area contributed by atoms with Crippen molar-refractivity contribution in [2.24, 2.45) is 0 Å². The summed E-state index contributed by atoms with van der Waals surface area (Å²) in [6, 6.07) is 4.82. The Morgan fingerprint density at radius 1 is 1.30 bits per heavy atom. The van der Waals surface area contributed by atoms with E-state index < -0.39 is 11.7 Å². The van der Waals surface area contributed by atoms with Crippen LogP contribution in [-0.4, -0.2) is 20.8 Å². The summed E-state index contributed by atoms with van der Waals surface area (Å²) in [5.41, 5.74) is 0.222. The monoisotopic (exact) mass is 435 g/mol. The van der Waals surface area contributed by atoms with Crippen LogP contribution >= 0.6 is 22.6 Å². The highest BCUT2D eigenvalue weighted by molar-refractivity contribution is 14.1. The van der Waals surface area contributed by atoms with E-state index >= 15 is 0 Å². The van der Waals surface area contributed by atoms with Crippen molar-refractivity contribution in [3.05, 3.63) is 57.4 Å². The molecule has 0 radical (unpaired) electrons. The minimum absolute atomic E-state index is 0.132. The standard InChI is InChI=1S/C15H13F3IN3O/c1-2-3-4-12(23)13-14(19)22(21-20-13)9-10-5-7-11(8-6-10)15(16,17)18/h2,5-8H,1,3-4,9H2. The zero-order chi connectivity index (χ0) is 17.0. The van der Waals surface area contributed by atoms with Gasteiger partial charge in [-0.1, -0.05) is 23.4 Å². The number of halogens is 4. The fourth-order valence-corrected chi connectivity index (χ4v) is 2.57. The summed E-state index contributed by atoms with van der Waals surface area (Å²) >= 11 is 1.96. The Morgan fingerprint density at radius 3 is 2.52 bits per heavy atom. The lowest BCUT2D eigenvalue weighted by Crippen LogP contribution is -2.08. The second-order valence-corrected chi connectivity index (χ2v) is 5.85. The molecule has 0 saturated carbocycles. The van der Waals surface area contributed by atoms with Crippen LogP contribution in [0.4, 0.5) is 13.2 Å². The molecule has 0 fully saturated rings. The third kappa shape index (κ3) is 4.40. The van der Waals surface area contributed by atoms with Crippen LogP contribution in [0.1, 0.15) is 34.5 Å². The second kappa shape index (κ2) is 7.24. The number of aromatic nitrogens is 3. The van der Waals surface area contributed by atoms with Crippen LogP contribution < -0.4 is 0 Å². The number of allylic oxidation sites excluding steroid dienone is 1. The number of ketones is 1. The lowest BCUT2D eigenvalue weighted by atomic mass is 10.1. The first-order valence-corrected chi connectivity index (χ1v) is 7.80. The summed E-state index contributed by atoms with van der Waals surface area (Å²) < 4.78 is 39.7. The third-order valence-electron chi connectivity index (χ3n) is 3.13. The van der Waals surface area contributed by atoms with E-state index in [9.17, 15) is 18.0 Å². The van der Waals surface area contributed by atoms with Crippen molar-refractivity contribution in [1.29, 1.82) is 0 Å². The first-order valence-electron chi connectivity index (χ1n) is 6.72. The number of benzene rings is 1. The molecule has 0 aliphatic rings. The largest absolute Gasteiger partial charge is 0.416 e. The second-order valence-electron chi connectivity index (χ2n) is 4.83. The summed E-state index contributed by atoms with van der Waals surface area (Å²) in [5, 5.41) is 7.76. The van der Waals surface area contributed by atoms with Crippen LogP contribution in [0.25, 0.3) is 0 Å². The number of nitrogens with zero attached hydrogens (tertiary/aromatic N) is 3. The number of hydrogen-bond donors (Lipinski definition) is 0. The van der Waals surface area contributed by atoms with Gasteiger partial charge >= 0.3 is 6.18 Å². The fraction of sp³-hybridized carbons (Fsp3) is 0.267. The lowest BCUT2D eigenvalue weighted by molar-refractivity contribution is -0.137. The van der Waals surface area contributed by atoms with Crippen molar-refractivity contribution in [1.82, 2.24) is 15.0 Å². The fourth-order valence-electron chi connectivity index (χ4n) is 1.90. The number of alkyl halides is 3. The Kier molecular flexibility index (Phi) is 5.55. The maximum absolute atomic E-state index is 12.5. The molecule has 2 aromatic rings. The topological polar surface area (TPSA) is 47.8 Å². The zero-order valence-corrected chi connectivity index (χ0v) is 14.1. The van der Waals surface area contributed by atoms with Gasteiger partial charge in [-0.25, -0.2) is 4.68 Å². The quantitative estimate of drug-likeness (QED) is 0.390. The molecule has 0 amide bonds. The maximum Gasteiger partial charge on any atom is 0.416 e. The molecule has 4 nitrogen and oxygen atoms in total. The van der Waals surface area contributed by atoms with Gasteiger partial charge in [0.2, 0.25) is 0 Å².